The molecule has 1 aliphatic heterocycles. The Labute approximate surface area is 85.5 Å². The van der Waals surface area contributed by atoms with Crippen LogP contribution in [0.3, 0.4) is 0 Å². The van der Waals surface area contributed by atoms with E-state index in [1.54, 1.807) is 0 Å². The van der Waals surface area contributed by atoms with Gasteiger partial charge in [0.25, 0.3) is 0 Å². The van der Waals surface area contributed by atoms with Crippen LogP contribution in [0.25, 0.3) is 0 Å². The van der Waals surface area contributed by atoms with Crippen LogP contribution in [-0.2, 0) is 10.0 Å². The van der Waals surface area contributed by atoms with Gasteiger partial charge in [-0.05, 0) is 39.7 Å². The second-order valence-electron chi connectivity index (χ2n) is 4.85. The minimum absolute atomic E-state index is 0.0492. The fraction of sp³-hybridized carbons (Fsp3) is 1.00. The molecule has 1 saturated heterocycles. The van der Waals surface area contributed by atoms with E-state index in [2.05, 4.69) is 10.0 Å². The number of hydrogen-bond acceptors (Lipinski definition) is 3. The predicted molar refractivity (Wildman–Crippen MR) is 55.6 cm³/mol. The van der Waals surface area contributed by atoms with Crippen LogP contribution in [0.5, 0.6) is 0 Å². The zero-order valence-electron chi connectivity index (χ0n) is 8.71. The molecule has 0 aromatic rings. The monoisotopic (exact) mass is 218 g/mol. The third-order valence-electron chi connectivity index (χ3n) is 3.15. The second kappa shape index (κ2) is 3.18. The summed E-state index contributed by atoms with van der Waals surface area (Å²) in [5.74, 6) is 0. The lowest BCUT2D eigenvalue weighted by Crippen LogP contribution is -2.51. The molecule has 0 bridgehead atoms. The van der Waals surface area contributed by atoms with E-state index in [-0.39, 0.29) is 16.8 Å². The topological polar surface area (TPSA) is 58.2 Å². The Morgan fingerprint density at radius 3 is 2.36 bits per heavy atom. The standard InChI is InChI=1S/C9H18N2O2S/c1-9(2)8(5-6-10-9)11-14(12,13)7-3-4-7/h7-8,10-11H,3-6H2,1-2H3. The Bertz CT molecular complexity index is 320. The molecule has 1 atom stereocenters. The van der Waals surface area contributed by atoms with Gasteiger partial charge in [0, 0.05) is 11.6 Å². The maximum atomic E-state index is 11.7. The lowest BCUT2D eigenvalue weighted by atomic mass is 9.98. The summed E-state index contributed by atoms with van der Waals surface area (Å²) in [4.78, 5) is 0. The van der Waals surface area contributed by atoms with E-state index in [4.69, 9.17) is 0 Å². The first-order valence-electron chi connectivity index (χ1n) is 5.18. The maximum absolute atomic E-state index is 11.7. The average molecular weight is 218 g/mol. The Morgan fingerprint density at radius 1 is 1.29 bits per heavy atom. The van der Waals surface area contributed by atoms with Gasteiger partial charge in [-0.2, -0.15) is 0 Å². The summed E-state index contributed by atoms with van der Waals surface area (Å²) in [5.41, 5.74) is -0.109. The van der Waals surface area contributed by atoms with Crippen molar-refractivity contribution in [1.29, 1.82) is 0 Å². The first kappa shape index (κ1) is 10.4. The summed E-state index contributed by atoms with van der Waals surface area (Å²) in [6.07, 6.45) is 2.55. The molecule has 2 rings (SSSR count). The Morgan fingerprint density at radius 2 is 1.93 bits per heavy atom. The summed E-state index contributed by atoms with van der Waals surface area (Å²) < 4.78 is 26.2. The quantitative estimate of drug-likeness (QED) is 0.712. The van der Waals surface area contributed by atoms with Crippen LogP contribution in [0.2, 0.25) is 0 Å². The molecule has 1 saturated carbocycles. The fourth-order valence-electron chi connectivity index (χ4n) is 1.90. The van der Waals surface area contributed by atoms with Crippen molar-refractivity contribution in [3.8, 4) is 0 Å². The first-order chi connectivity index (χ1) is 6.42. The van der Waals surface area contributed by atoms with Crippen LogP contribution < -0.4 is 10.0 Å². The van der Waals surface area contributed by atoms with Crippen molar-refractivity contribution in [2.45, 2.75) is 49.9 Å². The van der Waals surface area contributed by atoms with Crippen molar-refractivity contribution >= 4 is 10.0 Å². The van der Waals surface area contributed by atoms with Gasteiger partial charge in [-0.15, -0.1) is 0 Å². The Hall–Kier alpha value is -0.130. The van der Waals surface area contributed by atoms with E-state index in [1.165, 1.54) is 0 Å². The van der Waals surface area contributed by atoms with Gasteiger partial charge >= 0.3 is 0 Å². The Kier molecular flexibility index (Phi) is 2.36. The molecule has 2 fully saturated rings. The van der Waals surface area contributed by atoms with E-state index in [0.29, 0.717) is 0 Å². The van der Waals surface area contributed by atoms with Gasteiger partial charge in [-0.1, -0.05) is 0 Å². The molecule has 5 heteroatoms. The minimum Gasteiger partial charge on any atom is -0.310 e. The lowest BCUT2D eigenvalue weighted by molar-refractivity contribution is 0.385. The van der Waals surface area contributed by atoms with Gasteiger partial charge in [0.05, 0.1) is 5.25 Å². The van der Waals surface area contributed by atoms with E-state index >= 15 is 0 Å². The third-order valence-corrected chi connectivity index (χ3v) is 5.12. The molecule has 4 nitrogen and oxygen atoms in total. The van der Waals surface area contributed by atoms with E-state index in [1.807, 2.05) is 13.8 Å². The maximum Gasteiger partial charge on any atom is 0.214 e. The van der Waals surface area contributed by atoms with Gasteiger partial charge in [0.1, 0.15) is 0 Å². The molecular weight excluding hydrogens is 200 g/mol. The summed E-state index contributed by atoms with van der Waals surface area (Å²) in [6, 6.07) is 0.0492. The Balaban J connectivity index is 2.03. The van der Waals surface area contributed by atoms with Crippen molar-refractivity contribution in [2.24, 2.45) is 0 Å². The van der Waals surface area contributed by atoms with Gasteiger partial charge < -0.3 is 5.32 Å². The molecule has 1 aliphatic carbocycles. The normalized spacial score (nSPS) is 32.0. The summed E-state index contributed by atoms with van der Waals surface area (Å²) in [7, 11) is -3.03. The summed E-state index contributed by atoms with van der Waals surface area (Å²) in [5, 5.41) is 3.19. The number of hydrogen-bond donors (Lipinski definition) is 2. The lowest BCUT2D eigenvalue weighted by Gasteiger charge is -2.27. The fourth-order valence-corrected chi connectivity index (χ4v) is 3.66. The molecule has 0 amide bonds. The van der Waals surface area contributed by atoms with Crippen molar-refractivity contribution in [2.75, 3.05) is 6.54 Å². The predicted octanol–water partition coefficient (Wildman–Crippen LogP) is 0.209. The molecule has 0 aromatic heterocycles. The minimum atomic E-state index is -3.03. The smallest absolute Gasteiger partial charge is 0.214 e. The highest BCUT2D eigenvalue weighted by molar-refractivity contribution is 7.90. The largest absolute Gasteiger partial charge is 0.310 e. The van der Waals surface area contributed by atoms with Crippen LogP contribution in [-0.4, -0.2) is 31.8 Å². The van der Waals surface area contributed by atoms with Crippen LogP contribution >= 0.6 is 0 Å². The molecule has 2 N–H and O–H groups in total. The highest BCUT2D eigenvalue weighted by Crippen LogP contribution is 2.29. The number of sulfonamides is 1. The van der Waals surface area contributed by atoms with Crippen LogP contribution in [0.15, 0.2) is 0 Å². The van der Waals surface area contributed by atoms with Crippen molar-refractivity contribution in [3.05, 3.63) is 0 Å². The molecule has 0 spiro atoms. The first-order valence-corrected chi connectivity index (χ1v) is 6.73. The average Bonchev–Trinajstić information content (AvgIpc) is 2.80. The highest BCUT2D eigenvalue weighted by Gasteiger charge is 2.42. The van der Waals surface area contributed by atoms with E-state index < -0.39 is 10.0 Å². The van der Waals surface area contributed by atoms with Gasteiger partial charge in [-0.25, -0.2) is 13.1 Å². The van der Waals surface area contributed by atoms with Gasteiger partial charge in [0.15, 0.2) is 0 Å². The number of nitrogens with one attached hydrogen (secondary N) is 2. The molecule has 2 aliphatic rings. The second-order valence-corrected chi connectivity index (χ2v) is 6.84. The van der Waals surface area contributed by atoms with Gasteiger partial charge in [-0.3, -0.25) is 0 Å². The SMILES string of the molecule is CC1(C)NCCC1NS(=O)(=O)C1CC1. The molecule has 82 valence electrons. The summed E-state index contributed by atoms with van der Waals surface area (Å²) in [6.45, 7) is 4.98. The zero-order chi connectivity index (χ0) is 10.4. The van der Waals surface area contributed by atoms with Crippen LogP contribution in [0.4, 0.5) is 0 Å². The zero-order valence-corrected chi connectivity index (χ0v) is 9.52. The van der Waals surface area contributed by atoms with E-state index in [0.717, 1.165) is 25.8 Å². The van der Waals surface area contributed by atoms with Crippen LogP contribution in [0, 0.1) is 0 Å². The molecule has 14 heavy (non-hydrogen) atoms. The molecule has 0 radical (unpaired) electrons. The van der Waals surface area contributed by atoms with Crippen LogP contribution in [0.1, 0.15) is 33.1 Å². The highest BCUT2D eigenvalue weighted by atomic mass is 32.2. The molecule has 0 aromatic carbocycles. The van der Waals surface area contributed by atoms with Gasteiger partial charge in [0.2, 0.25) is 10.0 Å². The van der Waals surface area contributed by atoms with Crippen molar-refractivity contribution in [3.63, 3.8) is 0 Å². The third kappa shape index (κ3) is 1.94. The van der Waals surface area contributed by atoms with E-state index in [9.17, 15) is 8.42 Å². The molecular formula is C9H18N2O2S. The molecule has 1 unspecified atom stereocenters. The summed E-state index contributed by atoms with van der Waals surface area (Å²) >= 11 is 0. The van der Waals surface area contributed by atoms with Crippen molar-refractivity contribution < 1.29 is 8.42 Å². The number of rotatable bonds is 3. The molecule has 1 heterocycles. The van der Waals surface area contributed by atoms with Crippen molar-refractivity contribution in [1.82, 2.24) is 10.0 Å².